The summed E-state index contributed by atoms with van der Waals surface area (Å²) in [5.74, 6) is -0.420. The van der Waals surface area contributed by atoms with Gasteiger partial charge in [-0.2, -0.15) is 0 Å². The van der Waals surface area contributed by atoms with Gasteiger partial charge in [0.05, 0.1) is 39.2 Å². The van der Waals surface area contributed by atoms with Crippen LogP contribution in [0, 0.1) is 0 Å². The number of likely N-dealkylation sites (tertiary alicyclic amines) is 1. The van der Waals surface area contributed by atoms with Gasteiger partial charge < -0.3 is 4.90 Å². The molecule has 1 unspecified atom stereocenters. The van der Waals surface area contributed by atoms with Crippen LogP contribution in [0.15, 0.2) is 0 Å². The van der Waals surface area contributed by atoms with E-state index >= 15 is 0 Å². The zero-order valence-corrected chi connectivity index (χ0v) is 9.12. The molecular formula is C8H12B5N. The van der Waals surface area contributed by atoms with Crippen molar-refractivity contribution in [3.8, 4) is 0 Å². The van der Waals surface area contributed by atoms with E-state index in [-0.39, 0.29) is 5.54 Å². The van der Waals surface area contributed by atoms with Crippen LogP contribution in [0.2, 0.25) is 11.0 Å². The van der Waals surface area contributed by atoms with Gasteiger partial charge in [0.2, 0.25) is 0 Å². The van der Waals surface area contributed by atoms with Crippen LogP contribution in [0.3, 0.4) is 0 Å². The fraction of sp³-hybridized carbons (Fsp3) is 1.00. The molecule has 0 aromatic carbocycles. The Hall–Kier alpha value is 0.285. The first-order valence-electron chi connectivity index (χ1n) is 4.70. The van der Waals surface area contributed by atoms with Gasteiger partial charge >= 0.3 is 0 Å². The first kappa shape index (κ1) is 12.4. The summed E-state index contributed by atoms with van der Waals surface area (Å²) in [4.78, 5) is 1.84. The highest BCUT2D eigenvalue weighted by Crippen LogP contribution is 2.51. The maximum absolute atomic E-state index is 5.95. The molecule has 64 valence electrons. The predicted octanol–water partition coefficient (Wildman–Crippen LogP) is -0.498. The largest absolute Gasteiger partial charge is 0.311 e. The topological polar surface area (TPSA) is 3.24 Å². The van der Waals surface area contributed by atoms with Gasteiger partial charge in [-0.1, -0.05) is 11.2 Å². The average molecular weight is 176 g/mol. The summed E-state index contributed by atoms with van der Waals surface area (Å²) in [6.45, 7) is 6.49. The molecule has 6 heteroatoms. The molecule has 0 N–H and O–H groups in total. The van der Waals surface area contributed by atoms with E-state index in [1.54, 1.807) is 0 Å². The van der Waals surface area contributed by atoms with Crippen molar-refractivity contribution in [1.29, 1.82) is 0 Å². The smallest absolute Gasteiger partial charge is 0.0812 e. The molecule has 14 heavy (non-hydrogen) atoms. The van der Waals surface area contributed by atoms with Gasteiger partial charge in [-0.25, -0.2) is 0 Å². The Morgan fingerprint density at radius 3 is 1.71 bits per heavy atom. The molecule has 1 rings (SSSR count). The van der Waals surface area contributed by atoms with Gasteiger partial charge in [0.1, 0.15) is 0 Å². The molecule has 1 nitrogen and oxygen atoms in total. The van der Waals surface area contributed by atoms with Gasteiger partial charge in [0.25, 0.3) is 0 Å². The Labute approximate surface area is 93.8 Å². The monoisotopic (exact) mass is 177 g/mol. The molecular weight excluding hydrogens is 164 g/mol. The quantitative estimate of drug-likeness (QED) is 0.450. The van der Waals surface area contributed by atoms with E-state index in [0.717, 1.165) is 0 Å². The summed E-state index contributed by atoms with van der Waals surface area (Å²) in [6, 6.07) is 0. The highest BCUT2D eigenvalue weighted by atomic mass is 15.3. The Balaban J connectivity index is 3.06. The lowest BCUT2D eigenvalue weighted by Crippen LogP contribution is -2.59. The van der Waals surface area contributed by atoms with Gasteiger partial charge in [0.15, 0.2) is 0 Å². The molecule has 0 spiro atoms. The third-order valence-corrected chi connectivity index (χ3v) is 2.94. The molecule has 0 saturated carbocycles. The molecule has 1 fully saturated rings. The number of hydrogen-bond acceptors (Lipinski definition) is 1. The zero-order chi connectivity index (χ0) is 11.4. The molecule has 0 amide bonds. The van der Waals surface area contributed by atoms with E-state index in [1.807, 2.05) is 25.7 Å². The van der Waals surface area contributed by atoms with E-state index in [9.17, 15) is 0 Å². The lowest BCUT2D eigenvalue weighted by molar-refractivity contribution is 0.136. The summed E-state index contributed by atoms with van der Waals surface area (Å²) in [5.41, 5.74) is -0.207. The van der Waals surface area contributed by atoms with Gasteiger partial charge in [-0.3, -0.25) is 0 Å². The van der Waals surface area contributed by atoms with E-state index in [0.29, 0.717) is 6.54 Å². The van der Waals surface area contributed by atoms with Crippen molar-refractivity contribution < 1.29 is 0 Å². The van der Waals surface area contributed by atoms with Crippen molar-refractivity contribution in [2.45, 2.75) is 42.7 Å². The van der Waals surface area contributed by atoms with Crippen molar-refractivity contribution in [2.24, 2.45) is 0 Å². The SMILES string of the molecule is [B]C1CN(C(C)(C)C)C([B])([B])C1([B])[B]. The highest BCUT2D eigenvalue weighted by Gasteiger charge is 2.51. The summed E-state index contributed by atoms with van der Waals surface area (Å²) < 4.78 is 0. The van der Waals surface area contributed by atoms with Crippen molar-refractivity contribution >= 4 is 39.2 Å². The van der Waals surface area contributed by atoms with E-state index in [4.69, 9.17) is 39.2 Å². The maximum atomic E-state index is 5.95. The Bertz CT molecular complexity index is 232. The molecule has 10 radical (unpaired) electrons. The molecule has 0 aromatic rings. The van der Waals surface area contributed by atoms with E-state index < -0.39 is 16.4 Å². The number of nitrogens with zero attached hydrogens (tertiary/aromatic N) is 1. The normalized spacial score (nSPS) is 31.8. The minimum absolute atomic E-state index is 0.207. The lowest BCUT2D eigenvalue weighted by Gasteiger charge is -2.50. The minimum atomic E-state index is -1.27. The standard InChI is InChI=1S/C8H12B5N/c1-6(2,3)14-4-5(9)7(10,11)8(14,12)13/h5H,4H2,1-3H3. The predicted molar refractivity (Wildman–Crippen MR) is 64.4 cm³/mol. The van der Waals surface area contributed by atoms with Crippen molar-refractivity contribution in [3.05, 3.63) is 0 Å². The fourth-order valence-electron chi connectivity index (χ4n) is 1.86. The Morgan fingerprint density at radius 2 is 1.57 bits per heavy atom. The molecule has 1 aliphatic rings. The summed E-state index contributed by atoms with van der Waals surface area (Å²) in [5, 5.41) is -2.54. The summed E-state index contributed by atoms with van der Waals surface area (Å²) >= 11 is 0. The molecule has 1 heterocycles. The Morgan fingerprint density at radius 1 is 1.14 bits per heavy atom. The van der Waals surface area contributed by atoms with Crippen molar-refractivity contribution in [3.63, 3.8) is 0 Å². The molecule has 0 aromatic heterocycles. The second-order valence-electron chi connectivity index (χ2n) is 5.15. The van der Waals surface area contributed by atoms with Crippen LogP contribution in [-0.4, -0.2) is 61.6 Å². The zero-order valence-electron chi connectivity index (χ0n) is 9.12. The van der Waals surface area contributed by atoms with Gasteiger partial charge in [-0.05, 0) is 27.3 Å². The molecule has 0 aliphatic carbocycles. The number of rotatable bonds is 0. The summed E-state index contributed by atoms with van der Waals surface area (Å²) in [6.07, 6.45) is 0. The highest BCUT2D eigenvalue weighted by molar-refractivity contribution is 6.57. The lowest BCUT2D eigenvalue weighted by atomic mass is 9.30. The van der Waals surface area contributed by atoms with Crippen molar-refractivity contribution in [2.75, 3.05) is 6.54 Å². The Kier molecular flexibility index (Phi) is 2.77. The van der Waals surface area contributed by atoms with Crippen LogP contribution < -0.4 is 0 Å². The third kappa shape index (κ3) is 1.60. The molecule has 0 bridgehead atoms. The van der Waals surface area contributed by atoms with Gasteiger partial charge in [-0.15, -0.1) is 5.21 Å². The number of hydrogen-bond donors (Lipinski definition) is 0. The van der Waals surface area contributed by atoms with Crippen LogP contribution in [0.5, 0.6) is 0 Å². The minimum Gasteiger partial charge on any atom is -0.311 e. The van der Waals surface area contributed by atoms with E-state index in [2.05, 4.69) is 0 Å². The third-order valence-electron chi connectivity index (χ3n) is 2.94. The average Bonchev–Trinajstić information content (AvgIpc) is 2.09. The van der Waals surface area contributed by atoms with Crippen molar-refractivity contribution in [1.82, 2.24) is 4.90 Å². The molecule has 1 saturated heterocycles. The first-order valence-corrected chi connectivity index (χ1v) is 4.70. The maximum Gasteiger partial charge on any atom is 0.0812 e. The summed E-state index contributed by atoms with van der Waals surface area (Å²) in [7, 11) is 29.4. The van der Waals surface area contributed by atoms with Crippen LogP contribution >= 0.6 is 0 Å². The second kappa shape index (κ2) is 3.14. The molecule has 1 atom stereocenters. The van der Waals surface area contributed by atoms with E-state index in [1.165, 1.54) is 0 Å². The van der Waals surface area contributed by atoms with Crippen LogP contribution in [-0.2, 0) is 0 Å². The second-order valence-corrected chi connectivity index (χ2v) is 5.15. The van der Waals surface area contributed by atoms with Gasteiger partial charge in [0, 0.05) is 5.54 Å². The first-order chi connectivity index (χ1) is 6.01. The molecule has 1 aliphatic heterocycles. The van der Waals surface area contributed by atoms with Crippen LogP contribution in [0.25, 0.3) is 0 Å². The van der Waals surface area contributed by atoms with Crippen LogP contribution in [0.4, 0.5) is 0 Å². The van der Waals surface area contributed by atoms with Crippen LogP contribution in [0.1, 0.15) is 20.8 Å². The fourth-order valence-corrected chi connectivity index (χ4v) is 1.86.